The molecule has 0 spiro atoms. The maximum Gasteiger partial charge on any atom is 0.460 e. The molecule has 0 aromatic heterocycles. The monoisotopic (exact) mass is 508 g/mol. The van der Waals surface area contributed by atoms with Crippen LogP contribution in [-0.2, 0) is 0 Å². The van der Waals surface area contributed by atoms with Gasteiger partial charge >= 0.3 is 29.9 Å². The van der Waals surface area contributed by atoms with Crippen LogP contribution in [-0.4, -0.2) is 33.3 Å². The van der Waals surface area contributed by atoms with Gasteiger partial charge in [-0.3, -0.25) is 0 Å². The molecule has 1 atom stereocenters. The van der Waals surface area contributed by atoms with Crippen molar-refractivity contribution in [1.29, 1.82) is 0 Å². The summed E-state index contributed by atoms with van der Waals surface area (Å²) in [6.45, 7) is 2.93. The Morgan fingerprint density at radius 3 is 1.44 bits per heavy atom. The molecule has 0 bridgehead atoms. The first kappa shape index (κ1) is 25.0. The Labute approximate surface area is 150 Å². The molecule has 0 rings (SSSR count). The molecule has 0 radical (unpaired) electrons. The summed E-state index contributed by atoms with van der Waals surface area (Å²) < 4.78 is 141. The third-order valence-electron chi connectivity index (χ3n) is 3.75. The maximum absolute atomic E-state index is 13.8. The molecule has 1 unspecified atom stereocenters. The standard InChI is InChI=1S/C13H16F11I/c1-3-5-6-8(25,4-2)7-9(14,15)10(16,17)11(18,19)12(20,21)13(22,23)24/h3-7H2,1-2H3. The second kappa shape index (κ2) is 7.53. The van der Waals surface area contributed by atoms with Gasteiger partial charge in [0.2, 0.25) is 0 Å². The van der Waals surface area contributed by atoms with Crippen LogP contribution < -0.4 is 0 Å². The SMILES string of the molecule is CCCCC(I)(CC)CC(F)(F)C(F)(F)C(F)(F)C(F)(F)C(F)(F)F. The number of alkyl halides is 12. The van der Waals surface area contributed by atoms with E-state index in [9.17, 15) is 48.3 Å². The van der Waals surface area contributed by atoms with Crippen LogP contribution in [0.3, 0.4) is 0 Å². The van der Waals surface area contributed by atoms with Crippen LogP contribution in [0.4, 0.5) is 48.3 Å². The van der Waals surface area contributed by atoms with Crippen molar-refractivity contribution >= 4 is 22.6 Å². The third-order valence-corrected chi connectivity index (χ3v) is 5.44. The van der Waals surface area contributed by atoms with Gasteiger partial charge in [-0.05, 0) is 12.8 Å². The Morgan fingerprint density at radius 1 is 0.680 bits per heavy atom. The fraction of sp³-hybridized carbons (Fsp3) is 1.00. The molecule has 0 saturated carbocycles. The average molecular weight is 508 g/mol. The molecule has 0 N–H and O–H groups in total. The number of rotatable bonds is 9. The van der Waals surface area contributed by atoms with Gasteiger partial charge in [0.1, 0.15) is 0 Å². The van der Waals surface area contributed by atoms with Gasteiger partial charge in [-0.25, -0.2) is 0 Å². The van der Waals surface area contributed by atoms with Gasteiger partial charge in [0, 0.05) is 9.84 Å². The van der Waals surface area contributed by atoms with Crippen molar-refractivity contribution in [2.75, 3.05) is 0 Å². The van der Waals surface area contributed by atoms with Crippen LogP contribution in [0.5, 0.6) is 0 Å². The van der Waals surface area contributed by atoms with E-state index in [1.165, 1.54) is 29.5 Å². The number of halogens is 12. The normalized spacial score (nSPS) is 17.5. The predicted octanol–water partition coefficient (Wildman–Crippen LogP) is 7.25. The Kier molecular flexibility index (Phi) is 7.52. The summed E-state index contributed by atoms with van der Waals surface area (Å²) in [5.74, 6) is -27.3. The minimum absolute atomic E-state index is 0.118. The Hall–Kier alpha value is -0.0400. The molecule has 0 amide bonds. The van der Waals surface area contributed by atoms with Gasteiger partial charge in [-0.1, -0.05) is 49.3 Å². The first-order valence-corrected chi connectivity index (χ1v) is 8.17. The lowest BCUT2D eigenvalue weighted by Gasteiger charge is -2.40. The zero-order valence-corrected chi connectivity index (χ0v) is 15.2. The van der Waals surface area contributed by atoms with Crippen molar-refractivity contribution in [3.05, 3.63) is 0 Å². The molecule has 0 aliphatic heterocycles. The third kappa shape index (κ3) is 4.63. The fourth-order valence-electron chi connectivity index (χ4n) is 2.00. The van der Waals surface area contributed by atoms with E-state index in [0.29, 0.717) is 6.42 Å². The predicted molar refractivity (Wildman–Crippen MR) is 77.0 cm³/mol. The van der Waals surface area contributed by atoms with E-state index in [1.807, 2.05) is 0 Å². The molecule has 0 aromatic rings. The van der Waals surface area contributed by atoms with Gasteiger partial charge in [0.05, 0.1) is 0 Å². The minimum Gasteiger partial charge on any atom is -0.200 e. The van der Waals surface area contributed by atoms with Gasteiger partial charge in [0.15, 0.2) is 0 Å². The maximum atomic E-state index is 13.8. The van der Waals surface area contributed by atoms with E-state index in [-0.39, 0.29) is 19.3 Å². The average Bonchev–Trinajstić information content (AvgIpc) is 2.42. The first-order chi connectivity index (χ1) is 10.8. The van der Waals surface area contributed by atoms with E-state index in [4.69, 9.17) is 0 Å². The summed E-state index contributed by atoms with van der Waals surface area (Å²) in [5.41, 5.74) is 0. The number of unbranched alkanes of at least 4 members (excludes halogenated alkanes) is 1. The summed E-state index contributed by atoms with van der Waals surface area (Å²) in [6, 6.07) is 0. The van der Waals surface area contributed by atoms with Crippen molar-refractivity contribution in [1.82, 2.24) is 0 Å². The molecular formula is C13H16F11I. The summed E-state index contributed by atoms with van der Waals surface area (Å²) in [4.78, 5) is 0. The van der Waals surface area contributed by atoms with Crippen molar-refractivity contribution < 1.29 is 48.3 Å². The molecule has 0 aliphatic rings. The van der Waals surface area contributed by atoms with Crippen LogP contribution in [0.15, 0.2) is 0 Å². The van der Waals surface area contributed by atoms with Gasteiger partial charge in [0.25, 0.3) is 0 Å². The summed E-state index contributed by atoms with van der Waals surface area (Å²) in [7, 11) is 0. The summed E-state index contributed by atoms with van der Waals surface area (Å²) in [5, 5.41) is 0. The Morgan fingerprint density at radius 2 is 1.12 bits per heavy atom. The Balaban J connectivity index is 5.88. The van der Waals surface area contributed by atoms with Crippen LogP contribution in [0.1, 0.15) is 46.0 Å². The molecule has 25 heavy (non-hydrogen) atoms. The molecule has 0 saturated heterocycles. The van der Waals surface area contributed by atoms with E-state index < -0.39 is 39.7 Å². The fourth-order valence-corrected chi connectivity index (χ4v) is 2.86. The smallest absolute Gasteiger partial charge is 0.200 e. The van der Waals surface area contributed by atoms with Crippen LogP contribution in [0.25, 0.3) is 0 Å². The van der Waals surface area contributed by atoms with Crippen molar-refractivity contribution in [2.45, 2.75) is 79.2 Å². The lowest BCUT2D eigenvalue weighted by molar-refractivity contribution is -0.422. The molecule has 0 aromatic carbocycles. The van der Waals surface area contributed by atoms with Gasteiger partial charge in [-0.2, -0.15) is 48.3 Å². The minimum atomic E-state index is -7.32. The second-order valence-corrected chi connectivity index (χ2v) is 8.00. The number of hydrogen-bond acceptors (Lipinski definition) is 0. The lowest BCUT2D eigenvalue weighted by Crippen LogP contribution is -2.67. The van der Waals surface area contributed by atoms with E-state index in [2.05, 4.69) is 0 Å². The molecule has 0 heterocycles. The van der Waals surface area contributed by atoms with Crippen molar-refractivity contribution in [3.63, 3.8) is 0 Å². The summed E-state index contributed by atoms with van der Waals surface area (Å²) >= 11 is 1.32. The van der Waals surface area contributed by atoms with Crippen LogP contribution in [0, 0.1) is 0 Å². The highest BCUT2D eigenvalue weighted by Gasteiger charge is 2.87. The highest BCUT2D eigenvalue weighted by atomic mass is 127. The van der Waals surface area contributed by atoms with E-state index in [0.717, 1.165) is 0 Å². The van der Waals surface area contributed by atoms with Gasteiger partial charge in [-0.15, -0.1) is 0 Å². The molecule has 0 nitrogen and oxygen atoms in total. The molecule has 0 fully saturated rings. The molecular weight excluding hydrogens is 492 g/mol. The van der Waals surface area contributed by atoms with Crippen molar-refractivity contribution in [3.8, 4) is 0 Å². The van der Waals surface area contributed by atoms with E-state index in [1.54, 1.807) is 6.92 Å². The molecule has 0 aliphatic carbocycles. The largest absolute Gasteiger partial charge is 0.460 e. The number of hydrogen-bond donors (Lipinski definition) is 0. The van der Waals surface area contributed by atoms with Crippen molar-refractivity contribution in [2.24, 2.45) is 0 Å². The highest BCUT2D eigenvalue weighted by molar-refractivity contribution is 14.1. The highest BCUT2D eigenvalue weighted by Crippen LogP contribution is 2.59. The first-order valence-electron chi connectivity index (χ1n) is 7.10. The van der Waals surface area contributed by atoms with E-state index >= 15 is 0 Å². The molecule has 12 heteroatoms. The van der Waals surface area contributed by atoms with Gasteiger partial charge < -0.3 is 0 Å². The second-order valence-electron chi connectivity index (χ2n) is 5.71. The summed E-state index contributed by atoms with van der Waals surface area (Å²) in [6.07, 6.45) is -8.69. The quantitative estimate of drug-likeness (QED) is 0.175. The Bertz CT molecular complexity index is 444. The topological polar surface area (TPSA) is 0 Å². The zero-order chi connectivity index (χ0) is 20.5. The molecule has 152 valence electrons. The lowest BCUT2D eigenvalue weighted by atomic mass is 9.87. The zero-order valence-electron chi connectivity index (χ0n) is 13.1. The van der Waals surface area contributed by atoms with Crippen LogP contribution >= 0.6 is 22.6 Å². The van der Waals surface area contributed by atoms with Crippen LogP contribution in [0.2, 0.25) is 0 Å².